The molecule has 3 aromatic rings. The molecule has 0 spiro atoms. The molecule has 2 aromatic carbocycles. The van der Waals surface area contributed by atoms with Gasteiger partial charge in [-0.15, -0.1) is 11.3 Å². The Morgan fingerprint density at radius 3 is 2.50 bits per heavy atom. The molecule has 4 nitrogen and oxygen atoms in total. The molecule has 0 saturated heterocycles. The maximum Gasteiger partial charge on any atom is 0.341 e. The molecule has 0 amide bonds. The lowest BCUT2D eigenvalue weighted by atomic mass is 10.0. The van der Waals surface area contributed by atoms with E-state index in [4.69, 9.17) is 17.0 Å². The van der Waals surface area contributed by atoms with Gasteiger partial charge in [-0.25, -0.2) is 13.6 Å². The van der Waals surface area contributed by atoms with Crippen molar-refractivity contribution in [2.24, 2.45) is 0 Å². The maximum atomic E-state index is 13.8. The summed E-state index contributed by atoms with van der Waals surface area (Å²) in [6.07, 6.45) is 0. The van der Waals surface area contributed by atoms with Crippen molar-refractivity contribution in [1.82, 2.24) is 0 Å². The van der Waals surface area contributed by atoms with Gasteiger partial charge in [-0.3, -0.25) is 0 Å². The second-order valence-electron chi connectivity index (χ2n) is 5.80. The molecule has 0 fully saturated rings. The molecule has 0 aliphatic carbocycles. The number of anilines is 2. The predicted molar refractivity (Wildman–Crippen MR) is 112 cm³/mol. The van der Waals surface area contributed by atoms with Crippen molar-refractivity contribution in [1.29, 1.82) is 0 Å². The molecule has 0 radical (unpaired) electrons. The van der Waals surface area contributed by atoms with Gasteiger partial charge >= 0.3 is 5.97 Å². The van der Waals surface area contributed by atoms with E-state index in [0.717, 1.165) is 34.2 Å². The molecule has 1 heterocycles. The van der Waals surface area contributed by atoms with E-state index in [1.54, 1.807) is 0 Å². The minimum absolute atomic E-state index is 0.0236. The summed E-state index contributed by atoms with van der Waals surface area (Å²) in [4.78, 5) is 13.3. The van der Waals surface area contributed by atoms with Gasteiger partial charge in [0.1, 0.15) is 22.2 Å². The smallest absolute Gasteiger partial charge is 0.341 e. The van der Waals surface area contributed by atoms with Crippen molar-refractivity contribution < 1.29 is 18.3 Å². The van der Waals surface area contributed by atoms with E-state index in [-0.39, 0.29) is 10.8 Å². The lowest BCUT2D eigenvalue weighted by Gasteiger charge is -2.12. The minimum Gasteiger partial charge on any atom is -0.465 e. The van der Waals surface area contributed by atoms with Crippen LogP contribution in [0.5, 0.6) is 0 Å². The van der Waals surface area contributed by atoms with Crippen LogP contribution in [0.25, 0.3) is 11.1 Å². The first-order valence-electron chi connectivity index (χ1n) is 8.21. The van der Waals surface area contributed by atoms with Gasteiger partial charge in [-0.1, -0.05) is 30.3 Å². The summed E-state index contributed by atoms with van der Waals surface area (Å²) >= 11 is 6.53. The molecule has 0 unspecified atom stereocenters. The predicted octanol–water partition coefficient (Wildman–Crippen LogP) is 5.60. The number of methoxy groups -OCH3 is 1. The number of esters is 1. The molecule has 28 heavy (non-hydrogen) atoms. The van der Waals surface area contributed by atoms with Crippen molar-refractivity contribution >= 4 is 45.3 Å². The first kappa shape index (κ1) is 19.9. The van der Waals surface area contributed by atoms with Crippen LogP contribution in [0.2, 0.25) is 0 Å². The monoisotopic (exact) mass is 418 g/mol. The van der Waals surface area contributed by atoms with Crippen molar-refractivity contribution in [3.05, 3.63) is 70.6 Å². The average Bonchev–Trinajstić information content (AvgIpc) is 3.00. The minimum atomic E-state index is -0.647. The number of benzene rings is 2. The Hall–Kier alpha value is -2.84. The second-order valence-corrected chi connectivity index (χ2v) is 7.43. The van der Waals surface area contributed by atoms with Gasteiger partial charge < -0.3 is 15.4 Å². The fourth-order valence-corrected chi connectivity index (χ4v) is 4.08. The van der Waals surface area contributed by atoms with Crippen LogP contribution in [0.1, 0.15) is 15.2 Å². The van der Waals surface area contributed by atoms with Crippen LogP contribution < -0.4 is 10.6 Å². The summed E-state index contributed by atoms with van der Waals surface area (Å²) in [5, 5.41) is 5.99. The van der Waals surface area contributed by atoms with E-state index < -0.39 is 17.6 Å². The third-order valence-corrected chi connectivity index (χ3v) is 5.16. The molecule has 2 N–H and O–H groups in total. The molecule has 0 aliphatic rings. The SMILES string of the molecule is COC(=O)c1c(NC(=S)Nc2cc(F)ccc2F)sc(C)c1-c1ccccc1. The fraction of sp³-hybridized carbons (Fsp3) is 0.100. The number of thiocarbonyl (C=S) groups is 1. The largest absolute Gasteiger partial charge is 0.465 e. The molecule has 0 atom stereocenters. The highest BCUT2D eigenvalue weighted by Crippen LogP contribution is 2.40. The molecular formula is C20H16F2N2O2S2. The van der Waals surface area contributed by atoms with Crippen LogP contribution in [-0.4, -0.2) is 18.2 Å². The fourth-order valence-electron chi connectivity index (χ4n) is 2.73. The van der Waals surface area contributed by atoms with Gasteiger partial charge in [0.05, 0.1) is 12.8 Å². The van der Waals surface area contributed by atoms with Gasteiger partial charge in [-0.05, 0) is 36.8 Å². The standard InChI is InChI=1S/C20H16F2N2O2S2/c1-11-16(12-6-4-3-5-7-12)17(19(25)26-2)18(28-11)24-20(27)23-15-10-13(21)8-9-14(15)22/h3-10H,1-2H3,(H2,23,24,27). The van der Waals surface area contributed by atoms with E-state index in [1.807, 2.05) is 37.3 Å². The van der Waals surface area contributed by atoms with Crippen molar-refractivity contribution in [3.8, 4) is 11.1 Å². The number of carbonyl (C=O) groups is 1. The summed E-state index contributed by atoms with van der Waals surface area (Å²) in [6.45, 7) is 1.88. The van der Waals surface area contributed by atoms with Gasteiger partial charge in [0, 0.05) is 16.5 Å². The Kier molecular flexibility index (Phi) is 6.01. The van der Waals surface area contributed by atoms with Crippen molar-refractivity contribution in [2.75, 3.05) is 17.7 Å². The first-order chi connectivity index (χ1) is 13.4. The number of carbonyl (C=O) groups excluding carboxylic acids is 1. The Morgan fingerprint density at radius 1 is 1.11 bits per heavy atom. The van der Waals surface area contributed by atoms with Crippen LogP contribution in [0.4, 0.5) is 19.5 Å². The van der Waals surface area contributed by atoms with E-state index in [1.165, 1.54) is 18.4 Å². The van der Waals surface area contributed by atoms with E-state index in [2.05, 4.69) is 10.6 Å². The summed E-state index contributed by atoms with van der Waals surface area (Å²) in [5.74, 6) is -1.77. The van der Waals surface area contributed by atoms with Crippen LogP contribution in [0.3, 0.4) is 0 Å². The number of hydrogen-bond acceptors (Lipinski definition) is 4. The topological polar surface area (TPSA) is 50.4 Å². The van der Waals surface area contributed by atoms with Crippen LogP contribution in [-0.2, 0) is 4.74 Å². The number of halogens is 2. The first-order valence-corrected chi connectivity index (χ1v) is 9.43. The zero-order chi connectivity index (χ0) is 20.3. The number of nitrogens with one attached hydrogen (secondary N) is 2. The normalized spacial score (nSPS) is 10.4. The third-order valence-electron chi connectivity index (χ3n) is 3.94. The second kappa shape index (κ2) is 8.45. The summed E-state index contributed by atoms with van der Waals surface area (Å²) in [7, 11) is 1.30. The highest BCUT2D eigenvalue weighted by molar-refractivity contribution is 7.80. The van der Waals surface area contributed by atoms with Crippen LogP contribution in [0, 0.1) is 18.6 Å². The summed E-state index contributed by atoms with van der Waals surface area (Å²) in [6, 6.07) is 12.4. The summed E-state index contributed by atoms with van der Waals surface area (Å²) in [5.41, 5.74) is 1.83. The van der Waals surface area contributed by atoms with Gasteiger partial charge in [0.15, 0.2) is 5.11 Å². The Labute approximate surface area is 170 Å². The number of rotatable bonds is 4. The zero-order valence-corrected chi connectivity index (χ0v) is 16.6. The summed E-state index contributed by atoms with van der Waals surface area (Å²) < 4.78 is 32.1. The van der Waals surface area contributed by atoms with Crippen LogP contribution >= 0.6 is 23.6 Å². The Bertz CT molecular complexity index is 1040. The highest BCUT2D eigenvalue weighted by Gasteiger charge is 2.24. The van der Waals surface area contributed by atoms with Gasteiger partial charge in [0.25, 0.3) is 0 Å². The van der Waals surface area contributed by atoms with Crippen molar-refractivity contribution in [2.45, 2.75) is 6.92 Å². The van der Waals surface area contributed by atoms with Crippen molar-refractivity contribution in [3.63, 3.8) is 0 Å². The molecule has 0 saturated carbocycles. The van der Waals surface area contributed by atoms with Crippen LogP contribution in [0.15, 0.2) is 48.5 Å². The number of ether oxygens (including phenoxy) is 1. The number of thiophene rings is 1. The van der Waals surface area contributed by atoms with E-state index in [0.29, 0.717) is 10.6 Å². The molecule has 0 bridgehead atoms. The molecule has 0 aliphatic heterocycles. The zero-order valence-electron chi connectivity index (χ0n) is 15.0. The lowest BCUT2D eigenvalue weighted by Crippen LogP contribution is -2.20. The molecule has 1 aromatic heterocycles. The third kappa shape index (κ3) is 4.18. The maximum absolute atomic E-state index is 13.8. The average molecular weight is 418 g/mol. The van der Waals surface area contributed by atoms with Gasteiger partial charge in [-0.2, -0.15) is 0 Å². The molecular weight excluding hydrogens is 402 g/mol. The lowest BCUT2D eigenvalue weighted by molar-refractivity contribution is 0.0603. The molecule has 8 heteroatoms. The van der Waals surface area contributed by atoms with E-state index >= 15 is 0 Å². The highest BCUT2D eigenvalue weighted by atomic mass is 32.1. The van der Waals surface area contributed by atoms with Gasteiger partial charge in [0.2, 0.25) is 0 Å². The molecule has 3 rings (SSSR count). The number of hydrogen-bond donors (Lipinski definition) is 2. The molecule has 144 valence electrons. The quantitative estimate of drug-likeness (QED) is 0.427. The van der Waals surface area contributed by atoms with E-state index in [9.17, 15) is 13.6 Å². The number of aryl methyl sites for hydroxylation is 1. The Balaban J connectivity index is 1.94. The Morgan fingerprint density at radius 2 is 1.82 bits per heavy atom.